The molecule has 2 rings (SSSR count). The third-order valence-electron chi connectivity index (χ3n) is 3.47. The van der Waals surface area contributed by atoms with Crippen LogP contribution in [0.15, 0.2) is 18.2 Å². The maximum atomic E-state index is 12.9. The lowest BCUT2D eigenvalue weighted by atomic mass is 10.0. The van der Waals surface area contributed by atoms with Gasteiger partial charge in [-0.2, -0.15) is 13.2 Å². The van der Waals surface area contributed by atoms with Crippen LogP contribution in [-0.4, -0.2) is 29.1 Å². The van der Waals surface area contributed by atoms with Gasteiger partial charge in [0.15, 0.2) is 0 Å². The first-order chi connectivity index (χ1) is 9.38. The van der Waals surface area contributed by atoms with Gasteiger partial charge in [0.2, 0.25) is 0 Å². The van der Waals surface area contributed by atoms with Crippen LogP contribution >= 0.6 is 0 Å². The molecule has 110 valence electrons. The van der Waals surface area contributed by atoms with Crippen molar-refractivity contribution in [2.45, 2.75) is 32.0 Å². The smallest absolute Gasteiger partial charge is 0.417 e. The zero-order chi connectivity index (χ0) is 14.8. The number of hydrogen-bond donors (Lipinski definition) is 1. The highest BCUT2D eigenvalue weighted by Gasteiger charge is 2.35. The molecule has 0 aliphatic carbocycles. The van der Waals surface area contributed by atoms with E-state index in [4.69, 9.17) is 5.11 Å². The summed E-state index contributed by atoms with van der Waals surface area (Å²) in [5, 5.41) is 8.83. The first-order valence-electron chi connectivity index (χ1n) is 6.53. The molecule has 0 unspecified atom stereocenters. The molecule has 0 atom stereocenters. The Balaban J connectivity index is 2.25. The number of halogens is 3. The number of alkyl halides is 3. The zero-order valence-corrected chi connectivity index (χ0v) is 10.9. The Labute approximate surface area is 115 Å². The van der Waals surface area contributed by atoms with Crippen LogP contribution in [0.5, 0.6) is 0 Å². The number of carboxylic acids is 1. The van der Waals surface area contributed by atoms with Gasteiger partial charge in [0.1, 0.15) is 0 Å². The topological polar surface area (TPSA) is 40.5 Å². The SMILES string of the molecule is O=C(O)c1ccc(CN2CCCCC2)cc1C(F)(F)F. The van der Waals surface area contributed by atoms with Crippen LogP contribution < -0.4 is 0 Å². The molecule has 1 aromatic carbocycles. The number of hydrogen-bond acceptors (Lipinski definition) is 2. The monoisotopic (exact) mass is 287 g/mol. The van der Waals surface area contributed by atoms with E-state index in [1.807, 2.05) is 0 Å². The predicted octanol–water partition coefficient (Wildman–Crippen LogP) is 3.39. The van der Waals surface area contributed by atoms with Crippen molar-refractivity contribution < 1.29 is 23.1 Å². The van der Waals surface area contributed by atoms with Crippen LogP contribution in [-0.2, 0) is 12.7 Å². The van der Waals surface area contributed by atoms with E-state index in [0.29, 0.717) is 12.1 Å². The van der Waals surface area contributed by atoms with Crippen LogP contribution in [0.2, 0.25) is 0 Å². The van der Waals surface area contributed by atoms with E-state index in [0.717, 1.165) is 44.5 Å². The summed E-state index contributed by atoms with van der Waals surface area (Å²) in [6, 6.07) is 3.47. The number of aromatic carboxylic acids is 1. The fraction of sp³-hybridized carbons (Fsp3) is 0.500. The van der Waals surface area contributed by atoms with Crippen LogP contribution in [0, 0.1) is 0 Å². The second-order valence-electron chi connectivity index (χ2n) is 5.02. The Bertz CT molecular complexity index is 494. The Kier molecular flexibility index (Phi) is 4.32. The van der Waals surface area contributed by atoms with Gasteiger partial charge in [-0.3, -0.25) is 4.90 Å². The van der Waals surface area contributed by atoms with Crippen LogP contribution in [0.25, 0.3) is 0 Å². The number of carboxylic acid groups (broad SMARTS) is 1. The Morgan fingerprint density at radius 2 is 1.85 bits per heavy atom. The summed E-state index contributed by atoms with van der Waals surface area (Å²) in [6.07, 6.45) is -1.38. The van der Waals surface area contributed by atoms with E-state index < -0.39 is 23.3 Å². The molecule has 1 heterocycles. The minimum absolute atomic E-state index is 0.434. The van der Waals surface area contributed by atoms with Crippen molar-refractivity contribution in [3.63, 3.8) is 0 Å². The molecule has 1 aliphatic heterocycles. The lowest BCUT2D eigenvalue weighted by molar-refractivity contribution is -0.138. The van der Waals surface area contributed by atoms with Gasteiger partial charge in [0.05, 0.1) is 11.1 Å². The average molecular weight is 287 g/mol. The minimum Gasteiger partial charge on any atom is -0.478 e. The van der Waals surface area contributed by atoms with Crippen molar-refractivity contribution in [1.29, 1.82) is 0 Å². The fourth-order valence-corrected chi connectivity index (χ4v) is 2.49. The Morgan fingerprint density at radius 3 is 2.40 bits per heavy atom. The van der Waals surface area contributed by atoms with Gasteiger partial charge >= 0.3 is 12.1 Å². The molecule has 20 heavy (non-hydrogen) atoms. The van der Waals surface area contributed by atoms with Crippen molar-refractivity contribution in [1.82, 2.24) is 4.90 Å². The highest BCUT2D eigenvalue weighted by Crippen LogP contribution is 2.33. The number of likely N-dealkylation sites (tertiary alicyclic amines) is 1. The second kappa shape index (κ2) is 5.83. The van der Waals surface area contributed by atoms with Crippen molar-refractivity contribution >= 4 is 5.97 Å². The van der Waals surface area contributed by atoms with E-state index in [1.165, 1.54) is 6.07 Å². The summed E-state index contributed by atoms with van der Waals surface area (Å²) in [6.45, 7) is 2.19. The van der Waals surface area contributed by atoms with Gasteiger partial charge < -0.3 is 5.11 Å². The fourth-order valence-electron chi connectivity index (χ4n) is 2.49. The van der Waals surface area contributed by atoms with Crippen molar-refractivity contribution in [2.75, 3.05) is 13.1 Å². The molecule has 0 aromatic heterocycles. The second-order valence-corrected chi connectivity index (χ2v) is 5.02. The number of benzene rings is 1. The highest BCUT2D eigenvalue weighted by atomic mass is 19.4. The quantitative estimate of drug-likeness (QED) is 0.926. The third kappa shape index (κ3) is 3.50. The van der Waals surface area contributed by atoms with E-state index in [-0.39, 0.29) is 0 Å². The minimum atomic E-state index is -4.65. The van der Waals surface area contributed by atoms with Gasteiger partial charge in [-0.15, -0.1) is 0 Å². The van der Waals surface area contributed by atoms with Crippen LogP contribution in [0.3, 0.4) is 0 Å². The summed E-state index contributed by atoms with van der Waals surface area (Å²) in [5.41, 5.74) is -1.26. The number of piperidine rings is 1. The third-order valence-corrected chi connectivity index (χ3v) is 3.47. The lowest BCUT2D eigenvalue weighted by Gasteiger charge is -2.26. The van der Waals surface area contributed by atoms with Gasteiger partial charge in [-0.05, 0) is 43.6 Å². The largest absolute Gasteiger partial charge is 0.478 e. The molecular weight excluding hydrogens is 271 g/mol. The summed E-state index contributed by atoms with van der Waals surface area (Å²) < 4.78 is 38.7. The first-order valence-corrected chi connectivity index (χ1v) is 6.53. The molecule has 1 N–H and O–H groups in total. The van der Waals surface area contributed by atoms with E-state index >= 15 is 0 Å². The molecular formula is C14H16F3NO2. The molecule has 1 fully saturated rings. The molecule has 6 heteroatoms. The zero-order valence-electron chi connectivity index (χ0n) is 10.9. The molecule has 1 saturated heterocycles. The molecule has 1 aliphatic rings. The molecule has 1 aromatic rings. The number of rotatable bonds is 3. The molecule has 0 spiro atoms. The average Bonchev–Trinajstić information content (AvgIpc) is 2.38. The summed E-state index contributed by atoms with van der Waals surface area (Å²) in [4.78, 5) is 13.0. The van der Waals surface area contributed by atoms with Gasteiger partial charge in [0.25, 0.3) is 0 Å². The molecule has 0 saturated carbocycles. The first kappa shape index (κ1) is 14.8. The summed E-state index contributed by atoms with van der Waals surface area (Å²) in [5.74, 6) is -1.55. The standard InChI is InChI=1S/C14H16F3NO2/c15-14(16,17)12-8-10(4-5-11(12)13(19)20)9-18-6-2-1-3-7-18/h4-5,8H,1-3,6-7,9H2,(H,19,20). The van der Waals surface area contributed by atoms with Crippen molar-refractivity contribution in [3.05, 3.63) is 34.9 Å². The van der Waals surface area contributed by atoms with Gasteiger partial charge in [-0.1, -0.05) is 12.5 Å². The van der Waals surface area contributed by atoms with Crippen molar-refractivity contribution in [3.8, 4) is 0 Å². The number of nitrogens with zero attached hydrogens (tertiary/aromatic N) is 1. The van der Waals surface area contributed by atoms with Crippen LogP contribution in [0.4, 0.5) is 13.2 Å². The van der Waals surface area contributed by atoms with E-state index in [9.17, 15) is 18.0 Å². The predicted molar refractivity (Wildman–Crippen MR) is 67.5 cm³/mol. The summed E-state index contributed by atoms with van der Waals surface area (Å²) in [7, 11) is 0. The van der Waals surface area contributed by atoms with Crippen LogP contribution in [0.1, 0.15) is 40.7 Å². The highest BCUT2D eigenvalue weighted by molar-refractivity contribution is 5.89. The van der Waals surface area contributed by atoms with Crippen molar-refractivity contribution in [2.24, 2.45) is 0 Å². The van der Waals surface area contributed by atoms with E-state index in [1.54, 1.807) is 0 Å². The normalized spacial score (nSPS) is 17.1. The molecule has 0 bridgehead atoms. The number of carbonyl (C=O) groups is 1. The van der Waals surface area contributed by atoms with Gasteiger partial charge in [0, 0.05) is 6.54 Å². The summed E-state index contributed by atoms with van der Waals surface area (Å²) >= 11 is 0. The van der Waals surface area contributed by atoms with Gasteiger partial charge in [-0.25, -0.2) is 4.79 Å². The molecule has 0 radical (unpaired) electrons. The maximum Gasteiger partial charge on any atom is 0.417 e. The van der Waals surface area contributed by atoms with E-state index in [2.05, 4.69) is 4.90 Å². The molecule has 3 nitrogen and oxygen atoms in total. The molecule has 0 amide bonds. The maximum absolute atomic E-state index is 12.9. The lowest BCUT2D eigenvalue weighted by Crippen LogP contribution is -2.29. The Morgan fingerprint density at radius 1 is 1.20 bits per heavy atom. The Hall–Kier alpha value is -1.56.